The quantitative estimate of drug-likeness (QED) is 0.384. The molecule has 2 aliphatic rings. The second-order valence-corrected chi connectivity index (χ2v) is 12.1. The molecule has 3 atom stereocenters. The molecule has 2 heterocycles. The minimum Gasteiger partial charge on any atom is -0.338 e. The van der Waals surface area contributed by atoms with Gasteiger partial charge in [-0.2, -0.15) is 19.7 Å². The van der Waals surface area contributed by atoms with Crippen molar-refractivity contribution in [3.63, 3.8) is 0 Å². The number of rotatable bonds is 7. The third-order valence-corrected chi connectivity index (χ3v) is 9.97. The zero-order valence-electron chi connectivity index (χ0n) is 20.9. The molecule has 1 amide bonds. The van der Waals surface area contributed by atoms with Gasteiger partial charge in [-0.3, -0.25) is 4.79 Å². The highest BCUT2D eigenvalue weighted by atomic mass is 32.2. The topological polar surface area (TPSA) is 99.3 Å². The molecule has 0 bridgehead atoms. The number of aromatic amines is 1. The highest BCUT2D eigenvalue weighted by molar-refractivity contribution is 7.89. The highest BCUT2D eigenvalue weighted by Gasteiger charge is 2.49. The molecule has 3 aromatic carbocycles. The van der Waals surface area contributed by atoms with Crippen LogP contribution in [0.15, 0.2) is 71.6 Å². The molecule has 6 rings (SSSR count). The normalized spacial score (nSPS) is 21.0. The number of nitrogens with zero attached hydrogens (tertiary/aromatic N) is 4. The molecule has 1 N–H and O–H groups in total. The van der Waals surface area contributed by atoms with Crippen LogP contribution in [0, 0.1) is 23.6 Å². The van der Waals surface area contributed by atoms with Crippen LogP contribution >= 0.6 is 0 Å². The van der Waals surface area contributed by atoms with Crippen LogP contribution in [-0.4, -0.2) is 65.1 Å². The van der Waals surface area contributed by atoms with Gasteiger partial charge in [0.05, 0.1) is 4.90 Å². The fraction of sp³-hybridized carbons (Fsp3) is 0.321. The van der Waals surface area contributed by atoms with Crippen LogP contribution in [-0.2, 0) is 10.0 Å². The Hall–Kier alpha value is -3.63. The summed E-state index contributed by atoms with van der Waals surface area (Å²) in [7, 11) is -3.67. The van der Waals surface area contributed by atoms with Gasteiger partial charge in [-0.1, -0.05) is 31.2 Å². The Balaban J connectivity index is 1.12. The van der Waals surface area contributed by atoms with Gasteiger partial charge in [0.15, 0.2) is 0 Å². The van der Waals surface area contributed by atoms with E-state index in [4.69, 9.17) is 0 Å². The number of carbonyl (C=O) groups excluding carboxylic acids is 1. The molecular formula is C28H28FN5O3S. The number of aromatic nitrogens is 3. The van der Waals surface area contributed by atoms with E-state index >= 15 is 0 Å². The Bertz CT molecular complexity index is 1590. The zero-order chi connectivity index (χ0) is 26.4. The molecule has 4 aromatic rings. The van der Waals surface area contributed by atoms with Crippen molar-refractivity contribution in [1.82, 2.24) is 24.6 Å². The Morgan fingerprint density at radius 3 is 2.39 bits per heavy atom. The molecular weight excluding hydrogens is 505 g/mol. The number of benzene rings is 3. The van der Waals surface area contributed by atoms with E-state index in [1.54, 1.807) is 58.9 Å². The fourth-order valence-electron chi connectivity index (χ4n) is 5.85. The van der Waals surface area contributed by atoms with Crippen LogP contribution < -0.4 is 0 Å². The van der Waals surface area contributed by atoms with Crippen molar-refractivity contribution in [2.75, 3.05) is 26.2 Å². The van der Waals surface area contributed by atoms with Gasteiger partial charge in [-0.05, 0) is 77.8 Å². The molecule has 10 heteroatoms. The van der Waals surface area contributed by atoms with Crippen LogP contribution in [0.4, 0.5) is 4.39 Å². The third kappa shape index (κ3) is 4.37. The number of hydrogen-bond donors (Lipinski definition) is 1. The SMILES string of the molecule is CCN(C[C@@H]1C[C@H]2CN(C(=O)c3ccc4n[nH]nc4c3)C[C@H]21)S(=O)(=O)c1ccc(-c2ccc(F)cc2)cc1. The number of hydrogen-bond acceptors (Lipinski definition) is 5. The van der Waals surface area contributed by atoms with Crippen molar-refractivity contribution < 1.29 is 17.6 Å². The number of amides is 1. The maximum atomic E-state index is 13.5. The summed E-state index contributed by atoms with van der Waals surface area (Å²) < 4.78 is 41.7. The van der Waals surface area contributed by atoms with Crippen LogP contribution in [0.5, 0.6) is 0 Å². The Morgan fingerprint density at radius 1 is 1.00 bits per heavy atom. The van der Waals surface area contributed by atoms with E-state index in [9.17, 15) is 17.6 Å². The lowest BCUT2D eigenvalue weighted by atomic mass is 9.67. The molecule has 1 aromatic heterocycles. The van der Waals surface area contributed by atoms with Gasteiger partial charge < -0.3 is 4.90 Å². The standard InChI is InChI=1S/C28H28FN5O3S/c1-2-34(38(36,37)24-10-5-19(6-11-24)18-3-8-23(29)9-4-18)16-22-13-21-15-33(17-25(21)22)28(35)20-7-12-26-27(14-20)31-32-30-26/h3-12,14,21-22,25H,2,13,15-17H2,1H3,(H,30,31,32)/t21-,22-,25+/m0/s1. The predicted molar refractivity (Wildman–Crippen MR) is 141 cm³/mol. The lowest BCUT2D eigenvalue weighted by Gasteiger charge is -2.41. The molecule has 0 spiro atoms. The summed E-state index contributed by atoms with van der Waals surface area (Å²) >= 11 is 0. The van der Waals surface area contributed by atoms with E-state index in [-0.39, 0.29) is 22.5 Å². The minimum absolute atomic E-state index is 0.0238. The highest BCUT2D eigenvalue weighted by Crippen LogP contribution is 2.46. The lowest BCUT2D eigenvalue weighted by molar-refractivity contribution is 0.0783. The van der Waals surface area contributed by atoms with Crippen LogP contribution in [0.2, 0.25) is 0 Å². The summed E-state index contributed by atoms with van der Waals surface area (Å²) in [4.78, 5) is 15.3. The number of sulfonamides is 1. The van der Waals surface area contributed by atoms with Crippen LogP contribution in [0.1, 0.15) is 23.7 Å². The minimum atomic E-state index is -3.67. The Kier molecular flexibility index (Phi) is 6.23. The predicted octanol–water partition coefficient (Wildman–Crippen LogP) is 4.18. The van der Waals surface area contributed by atoms with E-state index in [1.165, 1.54) is 12.1 Å². The summed E-state index contributed by atoms with van der Waals surface area (Å²) in [6, 6.07) is 18.2. The monoisotopic (exact) mass is 533 g/mol. The molecule has 8 nitrogen and oxygen atoms in total. The number of H-pyrrole nitrogens is 1. The summed E-state index contributed by atoms with van der Waals surface area (Å²) in [5.41, 5.74) is 3.61. The van der Waals surface area contributed by atoms with E-state index in [2.05, 4.69) is 15.4 Å². The third-order valence-electron chi connectivity index (χ3n) is 8.01. The first-order chi connectivity index (χ1) is 18.3. The van der Waals surface area contributed by atoms with Crippen LogP contribution in [0.25, 0.3) is 22.2 Å². The summed E-state index contributed by atoms with van der Waals surface area (Å²) in [5.74, 6) is 0.567. The average molecular weight is 534 g/mol. The van der Waals surface area contributed by atoms with Crippen molar-refractivity contribution >= 4 is 27.0 Å². The fourth-order valence-corrected chi connectivity index (χ4v) is 7.35. The molecule has 196 valence electrons. The molecule has 1 aliphatic heterocycles. The van der Waals surface area contributed by atoms with Gasteiger partial charge in [0, 0.05) is 31.7 Å². The molecule has 38 heavy (non-hydrogen) atoms. The van der Waals surface area contributed by atoms with Crippen molar-refractivity contribution in [2.45, 2.75) is 18.2 Å². The van der Waals surface area contributed by atoms with Crippen molar-refractivity contribution in [1.29, 1.82) is 0 Å². The average Bonchev–Trinajstić information content (AvgIpc) is 3.53. The number of carbonyl (C=O) groups is 1. The van der Waals surface area contributed by atoms with E-state index in [0.29, 0.717) is 54.6 Å². The van der Waals surface area contributed by atoms with Gasteiger partial charge in [0.1, 0.15) is 16.9 Å². The van der Waals surface area contributed by atoms with Crippen molar-refractivity contribution in [2.24, 2.45) is 17.8 Å². The van der Waals surface area contributed by atoms with Gasteiger partial charge in [-0.15, -0.1) is 0 Å². The second-order valence-electron chi connectivity index (χ2n) is 10.1. The number of fused-ring (bicyclic) bond motifs is 2. The maximum Gasteiger partial charge on any atom is 0.253 e. The van der Waals surface area contributed by atoms with Gasteiger partial charge in [0.25, 0.3) is 5.91 Å². The van der Waals surface area contributed by atoms with Crippen molar-refractivity contribution in [3.8, 4) is 11.1 Å². The maximum absolute atomic E-state index is 13.5. The first-order valence-electron chi connectivity index (χ1n) is 12.8. The summed E-state index contributed by atoms with van der Waals surface area (Å²) in [6.07, 6.45) is 0.909. The first-order valence-corrected chi connectivity index (χ1v) is 14.2. The Morgan fingerprint density at radius 2 is 1.68 bits per heavy atom. The molecule has 0 unspecified atom stereocenters. The van der Waals surface area contributed by atoms with Gasteiger partial charge in [-0.25, -0.2) is 12.8 Å². The summed E-state index contributed by atoms with van der Waals surface area (Å²) in [5, 5.41) is 10.7. The smallest absolute Gasteiger partial charge is 0.253 e. The van der Waals surface area contributed by atoms with E-state index in [1.807, 2.05) is 11.8 Å². The second kappa shape index (κ2) is 9.59. The molecule has 0 radical (unpaired) electrons. The van der Waals surface area contributed by atoms with Gasteiger partial charge >= 0.3 is 0 Å². The molecule has 2 fully saturated rings. The number of halogens is 1. The van der Waals surface area contributed by atoms with E-state index in [0.717, 1.165) is 17.5 Å². The Labute approximate surface area is 220 Å². The lowest BCUT2D eigenvalue weighted by Crippen LogP contribution is -2.45. The van der Waals surface area contributed by atoms with Crippen LogP contribution in [0.3, 0.4) is 0 Å². The molecule has 1 aliphatic carbocycles. The number of nitrogens with one attached hydrogen (secondary N) is 1. The number of likely N-dealkylation sites (tertiary alicyclic amines) is 1. The summed E-state index contributed by atoms with van der Waals surface area (Å²) in [6.45, 7) is 3.99. The van der Waals surface area contributed by atoms with E-state index < -0.39 is 10.0 Å². The van der Waals surface area contributed by atoms with Crippen molar-refractivity contribution in [3.05, 3.63) is 78.1 Å². The zero-order valence-corrected chi connectivity index (χ0v) is 21.7. The van der Waals surface area contributed by atoms with Gasteiger partial charge in [0.2, 0.25) is 10.0 Å². The molecule has 1 saturated heterocycles. The first kappa shape index (κ1) is 24.7. The largest absolute Gasteiger partial charge is 0.338 e. The molecule has 1 saturated carbocycles.